The first-order valence-electron chi connectivity index (χ1n) is 8.31. The van der Waals surface area contributed by atoms with Crippen molar-refractivity contribution in [3.63, 3.8) is 0 Å². The molecule has 0 aromatic heterocycles. The largest absolute Gasteiger partial charge is 0.494 e. The van der Waals surface area contributed by atoms with Crippen LogP contribution in [0.2, 0.25) is 0 Å². The minimum absolute atomic E-state index is 0.0441. The van der Waals surface area contributed by atoms with Crippen LogP contribution >= 0.6 is 0 Å². The van der Waals surface area contributed by atoms with Gasteiger partial charge in [0.15, 0.2) is 5.78 Å². The predicted molar refractivity (Wildman–Crippen MR) is 95.6 cm³/mol. The van der Waals surface area contributed by atoms with E-state index < -0.39 is 0 Å². The maximum Gasteiger partial charge on any atom is 0.224 e. The zero-order valence-electron chi connectivity index (χ0n) is 14.5. The van der Waals surface area contributed by atoms with Crippen LogP contribution in [-0.4, -0.2) is 18.3 Å². The third-order valence-electron chi connectivity index (χ3n) is 3.68. The quantitative estimate of drug-likeness (QED) is 0.717. The maximum absolute atomic E-state index is 13.5. The van der Waals surface area contributed by atoms with Crippen molar-refractivity contribution < 1.29 is 18.7 Å². The Morgan fingerprint density at radius 2 is 1.80 bits per heavy atom. The van der Waals surface area contributed by atoms with E-state index >= 15 is 0 Å². The Balaban J connectivity index is 1.84. The van der Waals surface area contributed by atoms with E-state index in [0.717, 1.165) is 12.2 Å². The molecule has 0 aliphatic rings. The molecule has 1 amide bonds. The molecule has 0 bridgehead atoms. The highest BCUT2D eigenvalue weighted by Crippen LogP contribution is 2.16. The van der Waals surface area contributed by atoms with E-state index in [1.807, 2.05) is 6.92 Å². The van der Waals surface area contributed by atoms with Gasteiger partial charge in [0.2, 0.25) is 5.91 Å². The lowest BCUT2D eigenvalue weighted by Gasteiger charge is -2.07. The topological polar surface area (TPSA) is 55.4 Å². The number of rotatable bonds is 8. The molecule has 25 heavy (non-hydrogen) atoms. The Bertz CT molecular complexity index is 741. The van der Waals surface area contributed by atoms with Crippen LogP contribution in [0.1, 0.15) is 42.1 Å². The molecular weight excluding hydrogens is 321 g/mol. The normalized spacial score (nSPS) is 10.4. The van der Waals surface area contributed by atoms with Crippen molar-refractivity contribution in [1.29, 1.82) is 0 Å². The molecule has 0 aliphatic carbocycles. The van der Waals surface area contributed by atoms with Gasteiger partial charge >= 0.3 is 0 Å². The summed E-state index contributed by atoms with van der Waals surface area (Å²) < 4.78 is 18.9. The number of ketones is 1. The number of halogens is 1. The number of carbonyl (C=O) groups excluding carboxylic acids is 2. The van der Waals surface area contributed by atoms with Crippen LogP contribution in [0.5, 0.6) is 5.75 Å². The molecule has 132 valence electrons. The first-order chi connectivity index (χ1) is 12.0. The number of anilines is 1. The van der Waals surface area contributed by atoms with Gasteiger partial charge in [-0.25, -0.2) is 4.39 Å². The van der Waals surface area contributed by atoms with Crippen LogP contribution in [0.25, 0.3) is 0 Å². The van der Waals surface area contributed by atoms with E-state index in [4.69, 9.17) is 4.74 Å². The Labute approximate surface area is 147 Å². The number of hydrogen-bond donors (Lipinski definition) is 1. The molecule has 1 N–H and O–H groups in total. The molecule has 0 heterocycles. The molecule has 0 radical (unpaired) electrons. The van der Waals surface area contributed by atoms with Crippen LogP contribution < -0.4 is 10.1 Å². The third kappa shape index (κ3) is 5.71. The van der Waals surface area contributed by atoms with E-state index in [2.05, 4.69) is 5.32 Å². The van der Waals surface area contributed by atoms with Gasteiger partial charge in [-0.3, -0.25) is 9.59 Å². The SMILES string of the molecule is CCCOc1ccc(C(=O)CCC(=O)Nc2ccc(C)c(F)c2)cc1. The van der Waals surface area contributed by atoms with E-state index in [-0.39, 0.29) is 30.3 Å². The third-order valence-corrected chi connectivity index (χ3v) is 3.68. The number of benzene rings is 2. The summed E-state index contributed by atoms with van der Waals surface area (Å²) in [4.78, 5) is 24.1. The zero-order valence-corrected chi connectivity index (χ0v) is 14.5. The molecule has 0 fully saturated rings. The molecule has 0 saturated heterocycles. The van der Waals surface area contributed by atoms with Crippen LogP contribution in [0.4, 0.5) is 10.1 Å². The molecule has 2 rings (SSSR count). The van der Waals surface area contributed by atoms with Crippen molar-refractivity contribution in [3.8, 4) is 5.75 Å². The molecule has 5 heteroatoms. The number of Topliss-reactive ketones (excluding diaryl/α,β-unsaturated/α-hetero) is 1. The van der Waals surface area contributed by atoms with Crippen molar-refractivity contribution in [2.45, 2.75) is 33.1 Å². The van der Waals surface area contributed by atoms with Crippen molar-refractivity contribution in [1.82, 2.24) is 0 Å². The number of carbonyl (C=O) groups is 2. The monoisotopic (exact) mass is 343 g/mol. The van der Waals surface area contributed by atoms with Gasteiger partial charge in [0.25, 0.3) is 0 Å². The first kappa shape index (κ1) is 18.6. The summed E-state index contributed by atoms with van der Waals surface area (Å²) in [6.45, 7) is 4.30. The molecule has 0 spiro atoms. The van der Waals surface area contributed by atoms with Crippen LogP contribution in [-0.2, 0) is 4.79 Å². The van der Waals surface area contributed by atoms with Gasteiger partial charge in [-0.15, -0.1) is 0 Å². The second kappa shape index (κ2) is 8.97. The van der Waals surface area contributed by atoms with E-state index in [0.29, 0.717) is 23.4 Å². The summed E-state index contributed by atoms with van der Waals surface area (Å²) in [5.74, 6) is -0.0939. The van der Waals surface area contributed by atoms with E-state index in [9.17, 15) is 14.0 Å². The number of amides is 1. The molecule has 4 nitrogen and oxygen atoms in total. The van der Waals surface area contributed by atoms with Gasteiger partial charge in [0, 0.05) is 24.1 Å². The fourth-order valence-electron chi connectivity index (χ4n) is 2.22. The van der Waals surface area contributed by atoms with Crippen molar-refractivity contribution >= 4 is 17.4 Å². The van der Waals surface area contributed by atoms with Crippen LogP contribution in [0, 0.1) is 12.7 Å². The summed E-state index contributed by atoms with van der Waals surface area (Å²) in [5, 5.41) is 2.60. The van der Waals surface area contributed by atoms with Crippen molar-refractivity contribution in [2.24, 2.45) is 0 Å². The minimum Gasteiger partial charge on any atom is -0.494 e. The molecule has 0 saturated carbocycles. The number of hydrogen-bond acceptors (Lipinski definition) is 3. The smallest absolute Gasteiger partial charge is 0.224 e. The number of nitrogens with one attached hydrogen (secondary N) is 1. The lowest BCUT2D eigenvalue weighted by atomic mass is 10.1. The molecule has 2 aromatic carbocycles. The lowest BCUT2D eigenvalue weighted by Crippen LogP contribution is -2.13. The first-order valence-corrected chi connectivity index (χ1v) is 8.31. The predicted octanol–water partition coefficient (Wildman–Crippen LogP) is 4.52. The summed E-state index contributed by atoms with van der Waals surface area (Å²) in [5.41, 5.74) is 1.44. The standard InChI is InChI=1S/C20H22FNO3/c1-3-12-25-17-8-5-15(6-9-17)19(23)10-11-20(24)22-16-7-4-14(2)18(21)13-16/h4-9,13H,3,10-12H2,1-2H3,(H,22,24). The highest BCUT2D eigenvalue weighted by atomic mass is 19.1. The maximum atomic E-state index is 13.5. The van der Waals surface area contributed by atoms with Gasteiger partial charge in [0.1, 0.15) is 11.6 Å². The van der Waals surface area contributed by atoms with Crippen molar-refractivity contribution in [2.75, 3.05) is 11.9 Å². The average molecular weight is 343 g/mol. The van der Waals surface area contributed by atoms with Gasteiger partial charge in [-0.1, -0.05) is 13.0 Å². The van der Waals surface area contributed by atoms with Gasteiger partial charge in [0.05, 0.1) is 6.61 Å². The summed E-state index contributed by atoms with van der Waals surface area (Å²) in [6, 6.07) is 11.4. The Morgan fingerprint density at radius 3 is 2.44 bits per heavy atom. The fourth-order valence-corrected chi connectivity index (χ4v) is 2.22. The highest BCUT2D eigenvalue weighted by molar-refractivity contribution is 6.00. The molecule has 0 atom stereocenters. The van der Waals surface area contributed by atoms with Gasteiger partial charge < -0.3 is 10.1 Å². The van der Waals surface area contributed by atoms with Gasteiger partial charge in [-0.2, -0.15) is 0 Å². The summed E-state index contributed by atoms with van der Waals surface area (Å²) in [6.07, 6.45) is 1.05. The second-order valence-corrected chi connectivity index (χ2v) is 5.81. The fraction of sp³-hybridized carbons (Fsp3) is 0.300. The lowest BCUT2D eigenvalue weighted by molar-refractivity contribution is -0.116. The van der Waals surface area contributed by atoms with Gasteiger partial charge in [-0.05, 0) is 55.3 Å². The van der Waals surface area contributed by atoms with Crippen molar-refractivity contribution in [3.05, 3.63) is 59.4 Å². The zero-order chi connectivity index (χ0) is 18.2. The molecule has 0 unspecified atom stereocenters. The Kier molecular flexibility index (Phi) is 6.69. The molecule has 0 aliphatic heterocycles. The Hall–Kier alpha value is -2.69. The molecular formula is C20H22FNO3. The van der Waals surface area contributed by atoms with Crippen LogP contribution in [0.15, 0.2) is 42.5 Å². The summed E-state index contributed by atoms with van der Waals surface area (Å²) >= 11 is 0. The van der Waals surface area contributed by atoms with Crippen LogP contribution in [0.3, 0.4) is 0 Å². The summed E-state index contributed by atoms with van der Waals surface area (Å²) in [7, 11) is 0. The highest BCUT2D eigenvalue weighted by Gasteiger charge is 2.10. The minimum atomic E-state index is -0.376. The Morgan fingerprint density at radius 1 is 1.08 bits per heavy atom. The number of aryl methyl sites for hydroxylation is 1. The average Bonchev–Trinajstić information content (AvgIpc) is 2.61. The van der Waals surface area contributed by atoms with E-state index in [1.165, 1.54) is 6.07 Å². The second-order valence-electron chi connectivity index (χ2n) is 5.81. The number of ether oxygens (including phenoxy) is 1. The molecule has 2 aromatic rings. The van der Waals surface area contributed by atoms with E-state index in [1.54, 1.807) is 43.3 Å².